The van der Waals surface area contributed by atoms with E-state index in [1.807, 2.05) is 18.2 Å². The molecule has 1 aromatic carbocycles. The van der Waals surface area contributed by atoms with Crippen LogP contribution in [-0.4, -0.2) is 11.2 Å². The highest BCUT2D eigenvalue weighted by molar-refractivity contribution is 5.15. The third-order valence-electron chi connectivity index (χ3n) is 1.94. The zero-order valence-corrected chi connectivity index (χ0v) is 7.53. The number of aliphatic hydroxyl groups excluding tert-OH is 1. The minimum absolute atomic E-state index is 0.169. The molecule has 0 radical (unpaired) electrons. The predicted molar refractivity (Wildman–Crippen MR) is 51.1 cm³/mol. The molecule has 0 aliphatic heterocycles. The van der Waals surface area contributed by atoms with Crippen molar-refractivity contribution in [3.63, 3.8) is 0 Å². The molecule has 1 rings (SSSR count). The van der Waals surface area contributed by atoms with E-state index in [4.69, 9.17) is 0 Å². The molecule has 1 nitrogen and oxygen atoms in total. The molecule has 0 heterocycles. The molecule has 1 aromatic rings. The van der Waals surface area contributed by atoms with Crippen LogP contribution in [0.1, 0.15) is 25.3 Å². The summed E-state index contributed by atoms with van der Waals surface area (Å²) in [5, 5.41) is 9.50. The van der Waals surface area contributed by atoms with E-state index in [0.717, 1.165) is 19.3 Å². The topological polar surface area (TPSA) is 20.2 Å². The molecular weight excluding hydrogens is 148 g/mol. The van der Waals surface area contributed by atoms with Gasteiger partial charge >= 0.3 is 0 Å². The summed E-state index contributed by atoms with van der Waals surface area (Å²) < 4.78 is 0. The Morgan fingerprint density at radius 1 is 1.25 bits per heavy atom. The fraction of sp³-hybridized carbons (Fsp3) is 0.455. The molecule has 66 valence electrons. The molecule has 1 atom stereocenters. The van der Waals surface area contributed by atoms with Gasteiger partial charge in [0.05, 0.1) is 6.10 Å². The van der Waals surface area contributed by atoms with Gasteiger partial charge in [0.2, 0.25) is 0 Å². The molecular formula is C11H16O. The van der Waals surface area contributed by atoms with Gasteiger partial charge in [-0.2, -0.15) is 0 Å². The van der Waals surface area contributed by atoms with Gasteiger partial charge in [0, 0.05) is 0 Å². The Bertz CT molecular complexity index is 206. The molecule has 0 saturated carbocycles. The first kappa shape index (κ1) is 9.27. The van der Waals surface area contributed by atoms with Crippen LogP contribution < -0.4 is 0 Å². The van der Waals surface area contributed by atoms with Gasteiger partial charge in [0.1, 0.15) is 0 Å². The summed E-state index contributed by atoms with van der Waals surface area (Å²) in [7, 11) is 0. The second-order valence-electron chi connectivity index (χ2n) is 3.13. The number of aliphatic hydroxyl groups is 1. The number of benzene rings is 1. The molecule has 0 aromatic heterocycles. The van der Waals surface area contributed by atoms with Crippen molar-refractivity contribution in [1.29, 1.82) is 0 Å². The lowest BCUT2D eigenvalue weighted by Gasteiger charge is -2.08. The summed E-state index contributed by atoms with van der Waals surface area (Å²) >= 11 is 0. The van der Waals surface area contributed by atoms with Crippen LogP contribution in [0.3, 0.4) is 0 Å². The summed E-state index contributed by atoms with van der Waals surface area (Å²) in [5.74, 6) is 0. The van der Waals surface area contributed by atoms with Crippen LogP contribution in [0.4, 0.5) is 0 Å². The Morgan fingerprint density at radius 2 is 1.92 bits per heavy atom. The van der Waals surface area contributed by atoms with Crippen molar-refractivity contribution in [2.45, 2.75) is 32.3 Å². The van der Waals surface area contributed by atoms with Crippen molar-refractivity contribution in [2.24, 2.45) is 0 Å². The molecule has 0 aliphatic carbocycles. The van der Waals surface area contributed by atoms with E-state index in [-0.39, 0.29) is 6.10 Å². The van der Waals surface area contributed by atoms with E-state index >= 15 is 0 Å². The van der Waals surface area contributed by atoms with Gasteiger partial charge in [0.25, 0.3) is 0 Å². The summed E-state index contributed by atoms with van der Waals surface area (Å²) in [6, 6.07) is 10.1. The summed E-state index contributed by atoms with van der Waals surface area (Å²) in [5.41, 5.74) is 1.22. The largest absolute Gasteiger partial charge is 0.393 e. The number of rotatable bonds is 4. The predicted octanol–water partition coefficient (Wildman–Crippen LogP) is 2.39. The Morgan fingerprint density at radius 3 is 2.50 bits per heavy atom. The second kappa shape index (κ2) is 4.94. The standard InChI is InChI=1S/C11H16O/c1-2-6-11(12)9-10-7-4-3-5-8-10/h3-5,7-8,11-12H,2,6,9H2,1H3/t11-/m0/s1. The Hall–Kier alpha value is -0.820. The van der Waals surface area contributed by atoms with Crippen LogP contribution in [0.2, 0.25) is 0 Å². The van der Waals surface area contributed by atoms with Crippen molar-refractivity contribution >= 4 is 0 Å². The lowest BCUT2D eigenvalue weighted by Crippen LogP contribution is -2.09. The molecule has 1 N–H and O–H groups in total. The quantitative estimate of drug-likeness (QED) is 0.724. The van der Waals surface area contributed by atoms with Crippen molar-refractivity contribution in [2.75, 3.05) is 0 Å². The average molecular weight is 164 g/mol. The maximum atomic E-state index is 9.50. The Labute approximate surface area is 74.1 Å². The van der Waals surface area contributed by atoms with Gasteiger partial charge in [-0.1, -0.05) is 43.7 Å². The summed E-state index contributed by atoms with van der Waals surface area (Å²) in [4.78, 5) is 0. The highest BCUT2D eigenvalue weighted by Gasteiger charge is 2.02. The lowest BCUT2D eigenvalue weighted by molar-refractivity contribution is 0.164. The Balaban J connectivity index is 2.41. The van der Waals surface area contributed by atoms with Crippen molar-refractivity contribution in [3.8, 4) is 0 Å². The van der Waals surface area contributed by atoms with Crippen molar-refractivity contribution in [1.82, 2.24) is 0 Å². The van der Waals surface area contributed by atoms with Gasteiger partial charge in [-0.3, -0.25) is 0 Å². The van der Waals surface area contributed by atoms with Crippen LogP contribution in [0.15, 0.2) is 30.3 Å². The first-order valence-electron chi connectivity index (χ1n) is 4.55. The molecule has 1 heteroatoms. The molecule has 0 bridgehead atoms. The van der Waals surface area contributed by atoms with Crippen LogP contribution in [0.5, 0.6) is 0 Å². The van der Waals surface area contributed by atoms with Gasteiger partial charge in [-0.25, -0.2) is 0 Å². The van der Waals surface area contributed by atoms with E-state index in [0.29, 0.717) is 0 Å². The monoisotopic (exact) mass is 164 g/mol. The number of hydrogen-bond acceptors (Lipinski definition) is 1. The van der Waals surface area contributed by atoms with Gasteiger partial charge in [-0.05, 0) is 18.4 Å². The normalized spacial score (nSPS) is 12.8. The minimum atomic E-state index is -0.169. The molecule has 0 amide bonds. The van der Waals surface area contributed by atoms with Gasteiger partial charge in [0.15, 0.2) is 0 Å². The van der Waals surface area contributed by atoms with Crippen LogP contribution in [-0.2, 0) is 6.42 Å². The van der Waals surface area contributed by atoms with E-state index in [1.54, 1.807) is 0 Å². The van der Waals surface area contributed by atoms with E-state index in [2.05, 4.69) is 19.1 Å². The van der Waals surface area contributed by atoms with Crippen LogP contribution in [0, 0.1) is 0 Å². The second-order valence-corrected chi connectivity index (χ2v) is 3.13. The van der Waals surface area contributed by atoms with E-state index in [9.17, 15) is 5.11 Å². The SMILES string of the molecule is CCC[C@H](O)Cc1ccccc1. The van der Waals surface area contributed by atoms with Crippen LogP contribution >= 0.6 is 0 Å². The molecule has 0 saturated heterocycles. The zero-order chi connectivity index (χ0) is 8.81. The number of hydrogen-bond donors (Lipinski definition) is 1. The third-order valence-corrected chi connectivity index (χ3v) is 1.94. The van der Waals surface area contributed by atoms with Crippen LogP contribution in [0.25, 0.3) is 0 Å². The van der Waals surface area contributed by atoms with Gasteiger partial charge < -0.3 is 5.11 Å². The molecule has 0 unspecified atom stereocenters. The fourth-order valence-corrected chi connectivity index (χ4v) is 1.32. The fourth-order valence-electron chi connectivity index (χ4n) is 1.32. The Kier molecular flexibility index (Phi) is 3.81. The molecule has 0 spiro atoms. The van der Waals surface area contributed by atoms with E-state index in [1.165, 1.54) is 5.56 Å². The maximum absolute atomic E-state index is 9.50. The van der Waals surface area contributed by atoms with Crippen molar-refractivity contribution in [3.05, 3.63) is 35.9 Å². The maximum Gasteiger partial charge on any atom is 0.0580 e. The average Bonchev–Trinajstić information content (AvgIpc) is 2.06. The van der Waals surface area contributed by atoms with Crippen molar-refractivity contribution < 1.29 is 5.11 Å². The first-order valence-corrected chi connectivity index (χ1v) is 4.55. The lowest BCUT2D eigenvalue weighted by atomic mass is 10.1. The third kappa shape index (κ3) is 3.05. The smallest absolute Gasteiger partial charge is 0.0580 e. The van der Waals surface area contributed by atoms with Gasteiger partial charge in [-0.15, -0.1) is 0 Å². The molecule has 12 heavy (non-hydrogen) atoms. The zero-order valence-electron chi connectivity index (χ0n) is 7.53. The molecule has 0 aliphatic rings. The molecule has 0 fully saturated rings. The highest BCUT2D eigenvalue weighted by Crippen LogP contribution is 2.06. The van der Waals surface area contributed by atoms with E-state index < -0.39 is 0 Å². The summed E-state index contributed by atoms with van der Waals surface area (Å²) in [6.45, 7) is 2.09. The first-order chi connectivity index (χ1) is 5.83. The summed E-state index contributed by atoms with van der Waals surface area (Å²) in [6.07, 6.45) is 2.56. The minimum Gasteiger partial charge on any atom is -0.393 e. The highest BCUT2D eigenvalue weighted by atomic mass is 16.3.